The Morgan fingerprint density at radius 3 is 2.19 bits per heavy atom. The Morgan fingerprint density at radius 1 is 1.15 bits per heavy atom. The fraction of sp³-hybridized carbons (Fsp3) is 0.556. The summed E-state index contributed by atoms with van der Waals surface area (Å²) in [6, 6.07) is 3.15. The third kappa shape index (κ3) is 5.35. The van der Waals surface area contributed by atoms with E-state index in [2.05, 4.69) is 0 Å². The Labute approximate surface area is 155 Å². The molecule has 0 spiro atoms. The molecule has 0 unspecified atom stereocenters. The number of nitrogens with one attached hydrogen (secondary N) is 1. The van der Waals surface area contributed by atoms with Gasteiger partial charge >= 0.3 is 12.3 Å². The van der Waals surface area contributed by atoms with Crippen LogP contribution in [0.15, 0.2) is 24.3 Å². The topological polar surface area (TPSA) is 74.1 Å². The number of carboxylic acids is 1. The van der Waals surface area contributed by atoms with Crippen molar-refractivity contribution in [2.45, 2.75) is 38.6 Å². The summed E-state index contributed by atoms with van der Waals surface area (Å²) in [5, 5.41) is 11.7. The molecule has 0 aromatic heterocycles. The van der Waals surface area contributed by atoms with E-state index in [1.54, 1.807) is 20.8 Å². The normalized spacial score (nSPS) is 17.5. The molecule has 150 valence electrons. The Balaban J connectivity index is 2.18. The van der Waals surface area contributed by atoms with Crippen molar-refractivity contribution in [3.8, 4) is 0 Å². The quantitative estimate of drug-likeness (QED) is 0.825. The lowest BCUT2D eigenvalue weighted by molar-refractivity contribution is -0.928. The lowest BCUT2D eigenvalue weighted by Gasteiger charge is -2.38. The molecule has 1 aliphatic heterocycles. The van der Waals surface area contributed by atoms with Gasteiger partial charge < -0.3 is 19.5 Å². The van der Waals surface area contributed by atoms with E-state index >= 15 is 0 Å². The van der Waals surface area contributed by atoms with E-state index in [0.717, 1.165) is 12.1 Å². The van der Waals surface area contributed by atoms with Gasteiger partial charge in [0.15, 0.2) is 6.04 Å². The van der Waals surface area contributed by atoms with Gasteiger partial charge in [-0.2, -0.15) is 13.2 Å². The van der Waals surface area contributed by atoms with Crippen LogP contribution in [0.3, 0.4) is 0 Å². The number of carbonyl (C=O) groups excluding carboxylic acids is 2. The molecule has 1 amide bonds. The van der Waals surface area contributed by atoms with E-state index in [0.29, 0.717) is 4.90 Å². The van der Waals surface area contributed by atoms with Crippen LogP contribution in [0.1, 0.15) is 37.9 Å². The maximum atomic E-state index is 13.3. The van der Waals surface area contributed by atoms with Crippen molar-refractivity contribution in [2.75, 3.05) is 26.2 Å². The van der Waals surface area contributed by atoms with Gasteiger partial charge in [-0.3, -0.25) is 4.90 Å². The van der Waals surface area contributed by atoms with Gasteiger partial charge in [-0.1, -0.05) is 18.2 Å². The summed E-state index contributed by atoms with van der Waals surface area (Å²) in [7, 11) is 0. The molecule has 0 radical (unpaired) electrons. The number of quaternary nitrogens is 1. The number of amides is 1. The van der Waals surface area contributed by atoms with E-state index in [4.69, 9.17) is 4.74 Å². The number of carboxylic acid groups (broad SMARTS) is 1. The maximum absolute atomic E-state index is 13.3. The first-order chi connectivity index (χ1) is 12.4. The molecule has 1 atom stereocenters. The number of hydrogen-bond donors (Lipinski definition) is 1. The number of carbonyl (C=O) groups is 2. The molecule has 1 heterocycles. The van der Waals surface area contributed by atoms with Crippen LogP contribution in [0.2, 0.25) is 0 Å². The van der Waals surface area contributed by atoms with E-state index in [1.807, 2.05) is 0 Å². The van der Waals surface area contributed by atoms with Crippen LogP contribution in [-0.4, -0.2) is 48.7 Å². The molecular formula is C18H23F3N2O4. The second-order valence-corrected chi connectivity index (χ2v) is 7.46. The van der Waals surface area contributed by atoms with Crippen molar-refractivity contribution in [1.29, 1.82) is 0 Å². The first-order valence-corrected chi connectivity index (χ1v) is 8.59. The van der Waals surface area contributed by atoms with Crippen molar-refractivity contribution in [3.05, 3.63) is 35.4 Å². The van der Waals surface area contributed by atoms with E-state index in [-0.39, 0.29) is 31.7 Å². The third-order valence-electron chi connectivity index (χ3n) is 4.28. The van der Waals surface area contributed by atoms with Gasteiger partial charge in [-0.25, -0.2) is 4.79 Å². The lowest BCUT2D eigenvalue weighted by Crippen LogP contribution is -3.16. The maximum Gasteiger partial charge on any atom is 0.416 e. The summed E-state index contributed by atoms with van der Waals surface area (Å²) >= 11 is 0. The summed E-state index contributed by atoms with van der Waals surface area (Å²) in [6.07, 6.45) is -5.19. The predicted molar refractivity (Wildman–Crippen MR) is 87.7 cm³/mol. The number of rotatable bonds is 3. The molecule has 27 heavy (non-hydrogen) atoms. The molecule has 2 rings (SSSR count). The first-order valence-electron chi connectivity index (χ1n) is 8.59. The van der Waals surface area contributed by atoms with Gasteiger partial charge in [0, 0.05) is 5.56 Å². The van der Waals surface area contributed by atoms with Gasteiger partial charge in [0.1, 0.15) is 11.6 Å². The van der Waals surface area contributed by atoms with Gasteiger partial charge in [0.05, 0.1) is 31.7 Å². The number of benzene rings is 1. The van der Waals surface area contributed by atoms with Crippen molar-refractivity contribution >= 4 is 12.1 Å². The second-order valence-electron chi connectivity index (χ2n) is 7.46. The van der Waals surface area contributed by atoms with E-state index < -0.39 is 35.4 Å². The number of ether oxygens (including phenoxy) is 1. The Kier molecular flexibility index (Phi) is 6.04. The largest absolute Gasteiger partial charge is 0.544 e. The van der Waals surface area contributed by atoms with Crippen molar-refractivity contribution in [1.82, 2.24) is 4.90 Å². The predicted octanol–water partition coefficient (Wildman–Crippen LogP) is 0.632. The average molecular weight is 388 g/mol. The molecule has 1 N–H and O–H groups in total. The lowest BCUT2D eigenvalue weighted by atomic mass is 9.98. The summed E-state index contributed by atoms with van der Waals surface area (Å²) in [5.74, 6) is -1.58. The molecule has 0 bridgehead atoms. The number of halogens is 3. The molecule has 1 fully saturated rings. The monoisotopic (exact) mass is 388 g/mol. The average Bonchev–Trinajstić information content (AvgIpc) is 2.53. The smallest absolute Gasteiger partial charge is 0.416 e. The standard InChI is InChI=1S/C18H23F3N2O4/c1-17(2,3)27-16(26)23-10-8-22(9-11-23)14(15(24)25)12-6-4-5-7-13(12)18(19,20)21/h4-7,14H,8-11H2,1-3H3,(H,24,25)/t14-/m1/s1. The zero-order valence-corrected chi connectivity index (χ0v) is 15.4. The highest BCUT2D eigenvalue weighted by atomic mass is 19.4. The van der Waals surface area contributed by atoms with Crippen LogP contribution in [0.25, 0.3) is 0 Å². The highest BCUT2D eigenvalue weighted by Gasteiger charge is 2.40. The third-order valence-corrected chi connectivity index (χ3v) is 4.28. The fourth-order valence-electron chi connectivity index (χ4n) is 3.11. The summed E-state index contributed by atoms with van der Waals surface area (Å²) in [6.45, 7) is 5.89. The van der Waals surface area contributed by atoms with Crippen LogP contribution >= 0.6 is 0 Å². The summed E-state index contributed by atoms with van der Waals surface area (Å²) < 4.78 is 45.1. The fourth-order valence-corrected chi connectivity index (χ4v) is 3.11. The van der Waals surface area contributed by atoms with Crippen LogP contribution in [0.5, 0.6) is 0 Å². The highest BCUT2D eigenvalue weighted by molar-refractivity contribution is 5.72. The zero-order chi connectivity index (χ0) is 20.4. The zero-order valence-electron chi connectivity index (χ0n) is 15.4. The number of hydrogen-bond acceptors (Lipinski definition) is 4. The first kappa shape index (κ1) is 21.0. The van der Waals surface area contributed by atoms with E-state index in [9.17, 15) is 27.9 Å². The van der Waals surface area contributed by atoms with Crippen LogP contribution in [-0.2, 0) is 15.7 Å². The molecule has 0 saturated carbocycles. The van der Waals surface area contributed by atoms with E-state index in [1.165, 1.54) is 17.0 Å². The number of nitrogens with zero attached hydrogens (tertiary/aromatic N) is 1. The minimum absolute atomic E-state index is 0.171. The van der Waals surface area contributed by atoms with Crippen LogP contribution in [0, 0.1) is 0 Å². The Bertz CT molecular complexity index is 693. The van der Waals surface area contributed by atoms with Gasteiger partial charge in [-0.05, 0) is 26.8 Å². The number of alkyl halides is 3. The minimum Gasteiger partial charge on any atom is -0.544 e. The second kappa shape index (κ2) is 7.75. The van der Waals surface area contributed by atoms with Crippen molar-refractivity contribution in [3.63, 3.8) is 0 Å². The Hall–Kier alpha value is -2.29. The molecule has 1 aromatic carbocycles. The van der Waals surface area contributed by atoms with Gasteiger partial charge in [0.2, 0.25) is 0 Å². The molecule has 1 aliphatic rings. The molecule has 6 nitrogen and oxygen atoms in total. The summed E-state index contributed by atoms with van der Waals surface area (Å²) in [4.78, 5) is 25.6. The molecule has 1 saturated heterocycles. The van der Waals surface area contributed by atoms with Crippen LogP contribution < -0.4 is 10.0 Å². The SMILES string of the molecule is CC(C)(C)OC(=O)N1CC[NH+]([C@@H](C(=O)[O-])c2ccccc2C(F)(F)F)CC1. The minimum atomic E-state index is -4.66. The molecule has 0 aliphatic carbocycles. The molecular weight excluding hydrogens is 365 g/mol. The highest BCUT2D eigenvalue weighted by Crippen LogP contribution is 2.33. The van der Waals surface area contributed by atoms with Crippen molar-refractivity contribution in [2.24, 2.45) is 0 Å². The van der Waals surface area contributed by atoms with Crippen LogP contribution in [0.4, 0.5) is 18.0 Å². The Morgan fingerprint density at radius 2 is 1.70 bits per heavy atom. The van der Waals surface area contributed by atoms with Gasteiger partial charge in [0.25, 0.3) is 0 Å². The van der Waals surface area contributed by atoms with Crippen molar-refractivity contribution < 1.29 is 37.5 Å². The summed E-state index contributed by atoms with van der Waals surface area (Å²) in [5.41, 5.74) is -1.98. The van der Waals surface area contributed by atoms with Gasteiger partial charge in [-0.15, -0.1) is 0 Å². The molecule has 1 aromatic rings. The molecule has 9 heteroatoms. The number of piperazine rings is 1. The number of aliphatic carboxylic acids is 1.